The first-order valence-corrected chi connectivity index (χ1v) is 6.40. The van der Waals surface area contributed by atoms with Gasteiger partial charge in [-0.2, -0.15) is 0 Å². The number of halogens is 1. The molecular weight excluding hydrogens is 294 g/mol. The van der Waals surface area contributed by atoms with Gasteiger partial charge in [0.1, 0.15) is 10.8 Å². The maximum atomic E-state index is 12.1. The van der Waals surface area contributed by atoms with Gasteiger partial charge in [0.15, 0.2) is 0 Å². The van der Waals surface area contributed by atoms with Crippen molar-refractivity contribution in [3.8, 4) is 0 Å². The number of aromatic carboxylic acids is 1. The van der Waals surface area contributed by atoms with E-state index in [2.05, 4.69) is 9.97 Å². The van der Waals surface area contributed by atoms with E-state index in [0.717, 1.165) is 5.56 Å². The van der Waals surface area contributed by atoms with Gasteiger partial charge in [0, 0.05) is 13.6 Å². The molecule has 6 nitrogen and oxygen atoms in total. The summed E-state index contributed by atoms with van der Waals surface area (Å²) < 4.78 is 0. The molecule has 0 fully saturated rings. The van der Waals surface area contributed by atoms with E-state index in [1.807, 2.05) is 0 Å². The molecule has 1 aromatic heterocycles. The Bertz CT molecular complexity index is 656. The van der Waals surface area contributed by atoms with Crippen LogP contribution in [0, 0.1) is 0 Å². The maximum Gasteiger partial charge on any atom is 0.335 e. The van der Waals surface area contributed by atoms with Crippen LogP contribution in [-0.4, -0.2) is 38.9 Å². The van der Waals surface area contributed by atoms with Gasteiger partial charge in [-0.1, -0.05) is 23.7 Å². The molecule has 0 spiro atoms. The highest BCUT2D eigenvalue weighted by molar-refractivity contribution is 6.29. The molecular formula is C14H12ClN3O3. The van der Waals surface area contributed by atoms with Crippen molar-refractivity contribution in [3.63, 3.8) is 0 Å². The van der Waals surface area contributed by atoms with Crippen molar-refractivity contribution >= 4 is 23.5 Å². The fraction of sp³-hybridized carbons (Fsp3) is 0.143. The Morgan fingerprint density at radius 1 is 1.19 bits per heavy atom. The largest absolute Gasteiger partial charge is 0.478 e. The molecule has 1 heterocycles. The molecule has 0 unspecified atom stereocenters. The number of carbonyl (C=O) groups is 2. The third kappa shape index (κ3) is 3.76. The summed E-state index contributed by atoms with van der Waals surface area (Å²) >= 11 is 5.62. The van der Waals surface area contributed by atoms with Crippen LogP contribution in [0.15, 0.2) is 36.7 Å². The molecule has 1 amide bonds. The number of carboxylic acid groups (broad SMARTS) is 1. The Kier molecular flexibility index (Phi) is 4.49. The van der Waals surface area contributed by atoms with Gasteiger partial charge in [0.2, 0.25) is 0 Å². The quantitative estimate of drug-likeness (QED) is 0.935. The normalized spacial score (nSPS) is 10.2. The molecule has 7 heteroatoms. The Balaban J connectivity index is 2.06. The summed E-state index contributed by atoms with van der Waals surface area (Å²) in [5.41, 5.74) is 1.22. The lowest BCUT2D eigenvalue weighted by molar-refractivity contribution is 0.0695. The second-order valence-electron chi connectivity index (χ2n) is 4.39. The van der Waals surface area contributed by atoms with Crippen molar-refractivity contribution in [1.82, 2.24) is 14.9 Å². The van der Waals surface area contributed by atoms with E-state index in [1.165, 1.54) is 29.4 Å². The highest BCUT2D eigenvalue weighted by Gasteiger charge is 2.14. The van der Waals surface area contributed by atoms with Crippen molar-refractivity contribution in [2.45, 2.75) is 6.54 Å². The van der Waals surface area contributed by atoms with Crippen molar-refractivity contribution in [3.05, 3.63) is 58.6 Å². The molecule has 1 aromatic carbocycles. The molecule has 0 saturated heterocycles. The first-order valence-electron chi connectivity index (χ1n) is 6.02. The number of benzene rings is 1. The zero-order chi connectivity index (χ0) is 15.4. The Labute approximate surface area is 126 Å². The summed E-state index contributed by atoms with van der Waals surface area (Å²) in [5, 5.41) is 9.05. The van der Waals surface area contributed by atoms with E-state index in [0.29, 0.717) is 6.54 Å². The van der Waals surface area contributed by atoms with E-state index < -0.39 is 5.97 Å². The predicted octanol–water partition coefficient (Wildman–Crippen LogP) is 2.10. The van der Waals surface area contributed by atoms with Gasteiger partial charge in [-0.15, -0.1) is 0 Å². The number of rotatable bonds is 4. The summed E-state index contributed by atoms with van der Waals surface area (Å²) in [7, 11) is 1.63. The zero-order valence-electron chi connectivity index (χ0n) is 11.2. The molecule has 2 aromatic rings. The molecule has 0 bridgehead atoms. The Hall–Kier alpha value is -2.47. The van der Waals surface area contributed by atoms with E-state index in [9.17, 15) is 9.59 Å². The summed E-state index contributed by atoms with van der Waals surface area (Å²) in [6.07, 6.45) is 2.62. The van der Waals surface area contributed by atoms with Crippen LogP contribution in [0.25, 0.3) is 0 Å². The first kappa shape index (κ1) is 14.9. The van der Waals surface area contributed by atoms with Gasteiger partial charge >= 0.3 is 5.97 Å². The van der Waals surface area contributed by atoms with Gasteiger partial charge in [-0.05, 0) is 17.7 Å². The smallest absolute Gasteiger partial charge is 0.335 e. The number of nitrogens with zero attached hydrogens (tertiary/aromatic N) is 3. The predicted molar refractivity (Wildman–Crippen MR) is 76.2 cm³/mol. The first-order chi connectivity index (χ1) is 9.97. The minimum Gasteiger partial charge on any atom is -0.478 e. The molecule has 0 aliphatic carbocycles. The van der Waals surface area contributed by atoms with Crippen LogP contribution in [0.1, 0.15) is 26.4 Å². The number of amides is 1. The van der Waals surface area contributed by atoms with Crippen molar-refractivity contribution in [2.24, 2.45) is 0 Å². The molecule has 108 valence electrons. The fourth-order valence-electron chi connectivity index (χ4n) is 1.72. The van der Waals surface area contributed by atoms with Gasteiger partial charge in [0.25, 0.3) is 5.91 Å². The van der Waals surface area contributed by atoms with Crippen molar-refractivity contribution in [2.75, 3.05) is 7.05 Å². The van der Waals surface area contributed by atoms with Crippen LogP contribution in [0.2, 0.25) is 5.15 Å². The average Bonchev–Trinajstić information content (AvgIpc) is 2.47. The van der Waals surface area contributed by atoms with E-state index in [-0.39, 0.29) is 22.3 Å². The van der Waals surface area contributed by atoms with Gasteiger partial charge in [-0.25, -0.2) is 14.8 Å². The summed E-state index contributed by atoms with van der Waals surface area (Å²) in [5.74, 6) is -1.27. The van der Waals surface area contributed by atoms with Crippen LogP contribution >= 0.6 is 11.6 Å². The summed E-state index contributed by atoms with van der Waals surface area (Å²) in [6, 6.07) is 6.33. The molecule has 1 N–H and O–H groups in total. The highest BCUT2D eigenvalue weighted by Crippen LogP contribution is 2.09. The number of carbonyl (C=O) groups excluding carboxylic acids is 1. The molecule has 21 heavy (non-hydrogen) atoms. The molecule has 0 saturated carbocycles. The van der Waals surface area contributed by atoms with E-state index in [4.69, 9.17) is 16.7 Å². The van der Waals surface area contributed by atoms with Crippen LogP contribution in [0.3, 0.4) is 0 Å². The Morgan fingerprint density at radius 3 is 2.38 bits per heavy atom. The third-order valence-electron chi connectivity index (χ3n) is 2.81. The summed E-state index contributed by atoms with van der Waals surface area (Å²) in [4.78, 5) is 32.1. The zero-order valence-corrected chi connectivity index (χ0v) is 11.9. The van der Waals surface area contributed by atoms with Gasteiger partial charge in [-0.3, -0.25) is 4.79 Å². The second-order valence-corrected chi connectivity index (χ2v) is 4.77. The number of hydrogen-bond donors (Lipinski definition) is 1. The van der Waals surface area contributed by atoms with Gasteiger partial charge in [0.05, 0.1) is 18.0 Å². The topological polar surface area (TPSA) is 83.4 Å². The van der Waals surface area contributed by atoms with E-state index >= 15 is 0 Å². The molecule has 0 atom stereocenters. The van der Waals surface area contributed by atoms with E-state index in [1.54, 1.807) is 19.2 Å². The average molecular weight is 306 g/mol. The lowest BCUT2D eigenvalue weighted by atomic mass is 10.1. The van der Waals surface area contributed by atoms with Crippen LogP contribution in [-0.2, 0) is 6.54 Å². The fourth-order valence-corrected chi connectivity index (χ4v) is 1.81. The monoisotopic (exact) mass is 305 g/mol. The van der Waals surface area contributed by atoms with Crippen molar-refractivity contribution in [1.29, 1.82) is 0 Å². The van der Waals surface area contributed by atoms with Crippen LogP contribution in [0.5, 0.6) is 0 Å². The van der Waals surface area contributed by atoms with Crippen molar-refractivity contribution < 1.29 is 14.7 Å². The third-order valence-corrected chi connectivity index (χ3v) is 3.00. The van der Waals surface area contributed by atoms with Gasteiger partial charge < -0.3 is 10.0 Å². The second kappa shape index (κ2) is 6.32. The maximum absolute atomic E-state index is 12.1. The summed E-state index contributed by atoms with van der Waals surface area (Å²) in [6.45, 7) is 0.336. The molecule has 0 aliphatic heterocycles. The SMILES string of the molecule is CN(Cc1ccc(C(=O)O)cc1)C(=O)c1cnc(Cl)cn1. The lowest BCUT2D eigenvalue weighted by Crippen LogP contribution is -2.27. The minimum atomic E-state index is -0.984. The molecule has 2 rings (SSSR count). The Morgan fingerprint density at radius 2 is 1.86 bits per heavy atom. The number of carboxylic acids is 1. The molecule has 0 radical (unpaired) electrons. The standard InChI is InChI=1S/C14H12ClN3O3/c1-18(13(19)11-6-17-12(15)7-16-11)8-9-2-4-10(5-3-9)14(20)21/h2-7H,8H2,1H3,(H,20,21). The lowest BCUT2D eigenvalue weighted by Gasteiger charge is -2.16. The highest BCUT2D eigenvalue weighted by atomic mass is 35.5. The number of hydrogen-bond acceptors (Lipinski definition) is 4. The van der Waals surface area contributed by atoms with Crippen LogP contribution in [0.4, 0.5) is 0 Å². The minimum absolute atomic E-state index is 0.198. The van der Waals surface area contributed by atoms with Crippen LogP contribution < -0.4 is 0 Å². The molecule has 0 aliphatic rings. The number of aromatic nitrogens is 2.